The molecular formula is C32H43N3O6. The number of methoxy groups -OCH3 is 1. The van der Waals surface area contributed by atoms with Crippen molar-refractivity contribution in [3.05, 3.63) is 54.1 Å². The van der Waals surface area contributed by atoms with Gasteiger partial charge in [0, 0.05) is 43.5 Å². The van der Waals surface area contributed by atoms with Gasteiger partial charge >= 0.3 is 6.09 Å². The summed E-state index contributed by atoms with van der Waals surface area (Å²) in [5, 5.41) is 24.9. The number of H-pyrrole nitrogens is 1. The van der Waals surface area contributed by atoms with Gasteiger partial charge < -0.3 is 39.6 Å². The van der Waals surface area contributed by atoms with Crippen LogP contribution in [0.2, 0.25) is 0 Å². The Kier molecular flexibility index (Phi) is 9.37. The third-order valence-electron chi connectivity index (χ3n) is 8.70. The van der Waals surface area contributed by atoms with Gasteiger partial charge in [0.15, 0.2) is 0 Å². The van der Waals surface area contributed by atoms with Gasteiger partial charge in [-0.05, 0) is 68.2 Å². The number of rotatable bonds is 10. The van der Waals surface area contributed by atoms with Crippen molar-refractivity contribution < 1.29 is 29.2 Å². The van der Waals surface area contributed by atoms with E-state index < -0.39 is 11.7 Å². The maximum Gasteiger partial charge on any atom is 0.414 e. The molecule has 41 heavy (non-hydrogen) atoms. The first-order valence-corrected chi connectivity index (χ1v) is 14.8. The number of nitrogens with zero attached hydrogens (tertiary/aromatic N) is 1. The Balaban J connectivity index is 1.08. The molecule has 5 rings (SSSR count). The molecule has 2 atom stereocenters. The fraction of sp³-hybridized carbons (Fsp3) is 0.531. The third-order valence-corrected chi connectivity index (χ3v) is 8.70. The lowest BCUT2D eigenvalue weighted by Gasteiger charge is -2.39. The number of carbonyl (C=O) groups excluding carboxylic acids is 1. The molecule has 1 aliphatic heterocycles. The predicted molar refractivity (Wildman–Crippen MR) is 158 cm³/mol. The number of amides is 1. The molecule has 9 heteroatoms. The summed E-state index contributed by atoms with van der Waals surface area (Å²) >= 11 is 0. The SMILES string of the molecule is COc1ccccc1CCOc1cccc2[nH]c(OC(=O)NC3CCC(O)(CCN4CC[C@H](O)[C@@H](C)C4)CC3)cc12. The van der Waals surface area contributed by atoms with Crippen LogP contribution in [0.25, 0.3) is 10.9 Å². The standard InChI is InChI=1S/C32H43N3O6/c1-22-21-35(17-12-27(22)36)18-16-32(38)14-10-24(11-15-32)33-31(37)41-30-20-25-26(34-30)7-5-9-29(25)40-19-13-23-6-3-4-8-28(23)39-2/h3-9,20,22,24,27,34,36,38H,10-19,21H2,1-2H3,(H,33,37)/t22-,24?,27-,32?/m0/s1. The highest BCUT2D eigenvalue weighted by Crippen LogP contribution is 2.33. The number of aromatic nitrogens is 1. The van der Waals surface area contributed by atoms with E-state index in [1.807, 2.05) is 42.5 Å². The predicted octanol–water partition coefficient (Wildman–Crippen LogP) is 4.65. The molecule has 2 aliphatic rings. The van der Waals surface area contributed by atoms with Crippen molar-refractivity contribution in [1.29, 1.82) is 0 Å². The number of aromatic amines is 1. The van der Waals surface area contributed by atoms with Gasteiger partial charge in [0.1, 0.15) is 11.5 Å². The van der Waals surface area contributed by atoms with E-state index in [9.17, 15) is 15.0 Å². The molecule has 2 aromatic carbocycles. The number of aliphatic hydroxyl groups excluding tert-OH is 1. The van der Waals surface area contributed by atoms with Crippen LogP contribution in [-0.4, -0.2) is 77.3 Å². The van der Waals surface area contributed by atoms with Crippen LogP contribution in [0.3, 0.4) is 0 Å². The van der Waals surface area contributed by atoms with Crippen LogP contribution in [0.4, 0.5) is 4.79 Å². The average Bonchev–Trinajstić information content (AvgIpc) is 3.38. The van der Waals surface area contributed by atoms with E-state index in [1.165, 1.54) is 0 Å². The van der Waals surface area contributed by atoms with E-state index in [-0.39, 0.29) is 18.1 Å². The molecule has 1 saturated carbocycles. The number of aliphatic hydroxyl groups is 2. The second-order valence-electron chi connectivity index (χ2n) is 11.7. The number of para-hydroxylation sites is 1. The first-order chi connectivity index (χ1) is 19.8. The number of fused-ring (bicyclic) bond motifs is 1. The van der Waals surface area contributed by atoms with E-state index in [2.05, 4.69) is 22.1 Å². The molecule has 1 aliphatic carbocycles. The van der Waals surface area contributed by atoms with E-state index in [0.717, 1.165) is 48.3 Å². The summed E-state index contributed by atoms with van der Waals surface area (Å²) in [5.74, 6) is 2.18. The highest BCUT2D eigenvalue weighted by atomic mass is 16.6. The molecule has 1 aromatic heterocycles. The smallest absolute Gasteiger partial charge is 0.414 e. The highest BCUT2D eigenvalue weighted by molar-refractivity contribution is 5.88. The van der Waals surface area contributed by atoms with Gasteiger partial charge in [-0.25, -0.2) is 4.79 Å². The van der Waals surface area contributed by atoms with Crippen LogP contribution in [0, 0.1) is 5.92 Å². The Morgan fingerprint density at radius 1 is 1.12 bits per heavy atom. The van der Waals surface area contributed by atoms with Gasteiger partial charge in [-0.2, -0.15) is 0 Å². The molecule has 1 amide bonds. The highest BCUT2D eigenvalue weighted by Gasteiger charge is 2.35. The molecule has 0 bridgehead atoms. The minimum atomic E-state index is -0.708. The van der Waals surface area contributed by atoms with Crippen LogP contribution < -0.4 is 19.5 Å². The maximum absolute atomic E-state index is 12.7. The minimum Gasteiger partial charge on any atom is -0.496 e. The zero-order chi connectivity index (χ0) is 28.8. The molecular weight excluding hydrogens is 522 g/mol. The topological polar surface area (TPSA) is 116 Å². The molecule has 0 spiro atoms. The first kappa shape index (κ1) is 29.2. The number of hydrogen-bond donors (Lipinski definition) is 4. The van der Waals surface area contributed by atoms with Gasteiger partial charge in [0.05, 0.1) is 30.9 Å². The fourth-order valence-electron chi connectivity index (χ4n) is 6.10. The molecule has 0 radical (unpaired) electrons. The van der Waals surface area contributed by atoms with Crippen molar-refractivity contribution in [2.24, 2.45) is 5.92 Å². The average molecular weight is 566 g/mol. The lowest BCUT2D eigenvalue weighted by molar-refractivity contribution is -0.0271. The maximum atomic E-state index is 12.7. The second-order valence-corrected chi connectivity index (χ2v) is 11.7. The molecule has 0 unspecified atom stereocenters. The van der Waals surface area contributed by atoms with Gasteiger partial charge in [-0.1, -0.05) is 31.2 Å². The van der Waals surface area contributed by atoms with Crippen molar-refractivity contribution in [2.75, 3.05) is 33.4 Å². The van der Waals surface area contributed by atoms with E-state index in [1.54, 1.807) is 13.2 Å². The summed E-state index contributed by atoms with van der Waals surface area (Å²) < 4.78 is 17.1. The van der Waals surface area contributed by atoms with E-state index >= 15 is 0 Å². The summed E-state index contributed by atoms with van der Waals surface area (Å²) in [5.41, 5.74) is 1.19. The largest absolute Gasteiger partial charge is 0.496 e. The monoisotopic (exact) mass is 565 g/mol. The van der Waals surface area contributed by atoms with E-state index in [0.29, 0.717) is 56.8 Å². The van der Waals surface area contributed by atoms with Crippen molar-refractivity contribution in [3.8, 4) is 17.4 Å². The summed E-state index contributed by atoms with van der Waals surface area (Å²) in [7, 11) is 1.66. The normalized spacial score (nSPS) is 25.1. The van der Waals surface area contributed by atoms with Crippen LogP contribution in [0.1, 0.15) is 51.0 Å². The Morgan fingerprint density at radius 3 is 2.68 bits per heavy atom. The van der Waals surface area contributed by atoms with Crippen LogP contribution >= 0.6 is 0 Å². The number of piperidine rings is 1. The summed E-state index contributed by atoms with van der Waals surface area (Å²) in [6.07, 6.45) is 4.19. The first-order valence-electron chi connectivity index (χ1n) is 14.8. The Morgan fingerprint density at radius 2 is 1.90 bits per heavy atom. The quantitative estimate of drug-likeness (QED) is 0.283. The summed E-state index contributed by atoms with van der Waals surface area (Å²) in [4.78, 5) is 18.2. The minimum absolute atomic E-state index is 0.0359. The van der Waals surface area contributed by atoms with Crippen molar-refractivity contribution in [1.82, 2.24) is 15.2 Å². The second kappa shape index (κ2) is 13.1. The number of nitrogens with one attached hydrogen (secondary N) is 2. The van der Waals surface area contributed by atoms with Crippen LogP contribution in [-0.2, 0) is 6.42 Å². The van der Waals surface area contributed by atoms with E-state index in [4.69, 9.17) is 14.2 Å². The number of benzene rings is 2. The third kappa shape index (κ3) is 7.52. The van der Waals surface area contributed by atoms with Crippen LogP contribution in [0.5, 0.6) is 17.4 Å². The molecule has 9 nitrogen and oxygen atoms in total. The molecule has 4 N–H and O–H groups in total. The van der Waals surface area contributed by atoms with Crippen molar-refractivity contribution in [3.63, 3.8) is 0 Å². The number of carbonyl (C=O) groups is 1. The molecule has 3 aromatic rings. The van der Waals surface area contributed by atoms with Gasteiger partial charge in [0.2, 0.25) is 5.88 Å². The molecule has 222 valence electrons. The summed E-state index contributed by atoms with van der Waals surface area (Å²) in [6.45, 7) is 5.14. The Bertz CT molecular complexity index is 1300. The molecule has 1 saturated heterocycles. The van der Waals surface area contributed by atoms with Crippen LogP contribution in [0.15, 0.2) is 48.5 Å². The number of hydrogen-bond acceptors (Lipinski definition) is 7. The van der Waals surface area contributed by atoms with Gasteiger partial charge in [0.25, 0.3) is 0 Å². The van der Waals surface area contributed by atoms with Crippen molar-refractivity contribution >= 4 is 17.0 Å². The number of likely N-dealkylation sites (tertiary alicyclic amines) is 1. The Hall–Kier alpha value is -3.27. The molecule has 2 heterocycles. The summed E-state index contributed by atoms with van der Waals surface area (Å²) in [6, 6.07) is 15.4. The Labute approximate surface area is 241 Å². The zero-order valence-electron chi connectivity index (χ0n) is 24.1. The van der Waals surface area contributed by atoms with Gasteiger partial charge in [-0.15, -0.1) is 0 Å². The molecule has 2 fully saturated rings. The van der Waals surface area contributed by atoms with Crippen molar-refractivity contribution in [2.45, 2.75) is 69.6 Å². The zero-order valence-corrected chi connectivity index (χ0v) is 24.1. The lowest BCUT2D eigenvalue weighted by Crippen LogP contribution is -2.47. The lowest BCUT2D eigenvalue weighted by atomic mass is 9.80. The number of ether oxygens (including phenoxy) is 3. The van der Waals surface area contributed by atoms with Gasteiger partial charge in [-0.3, -0.25) is 0 Å². The fourth-order valence-corrected chi connectivity index (χ4v) is 6.10.